The van der Waals surface area contributed by atoms with Gasteiger partial charge in [-0.25, -0.2) is 0 Å². The largest absolute Gasteiger partial charge is 0.350 e. The predicted molar refractivity (Wildman–Crippen MR) is 137 cm³/mol. The molecular weight excluding hydrogens is 408 g/mol. The van der Waals surface area contributed by atoms with Crippen molar-refractivity contribution < 1.29 is 9.59 Å². The van der Waals surface area contributed by atoms with E-state index in [1.165, 1.54) is 63.9 Å². The average Bonchev–Trinajstić information content (AvgIpc) is 3.27. The average molecular weight is 451 g/mol. The van der Waals surface area contributed by atoms with E-state index in [1.807, 2.05) is 37.3 Å². The second-order valence-electron chi connectivity index (χ2n) is 10.3. The summed E-state index contributed by atoms with van der Waals surface area (Å²) in [5.41, 5.74) is 4.23. The Morgan fingerprint density at radius 2 is 1.55 bits per heavy atom. The predicted octanol–water partition coefficient (Wildman–Crippen LogP) is 6.73. The van der Waals surface area contributed by atoms with E-state index < -0.39 is 0 Å². The first-order valence-corrected chi connectivity index (χ1v) is 13.0. The molecule has 0 spiro atoms. The standard InChI is InChI=1S/C29H42N2O2/c1-21(26-10-8-6-4-5-7-9-11-26)18-25-12-15-27(20-25)29(33)30-22(2)19-24-13-16-28(17-14-24)31-23(3)32/h12-17,21-22,26H,4-11,18-20H2,1-3H3,(H,30,33)(H,31,32). The van der Waals surface area contributed by atoms with E-state index in [1.54, 1.807) is 0 Å². The lowest BCUT2D eigenvalue weighted by atomic mass is 9.81. The quantitative estimate of drug-likeness (QED) is 0.461. The first-order chi connectivity index (χ1) is 15.9. The van der Waals surface area contributed by atoms with Crippen molar-refractivity contribution in [2.24, 2.45) is 11.8 Å². The molecule has 1 aromatic carbocycles. The number of allylic oxidation sites excluding steroid dienone is 3. The highest BCUT2D eigenvalue weighted by molar-refractivity contribution is 5.95. The Morgan fingerprint density at radius 1 is 0.909 bits per heavy atom. The SMILES string of the molecule is CC(=O)Nc1ccc(CC(C)NC(=O)C2=CC=C(CC(C)C3CCCCCCCC3)C2)cc1. The minimum absolute atomic E-state index is 0.0480. The molecule has 1 fully saturated rings. The lowest BCUT2D eigenvalue weighted by Crippen LogP contribution is -2.34. The molecule has 2 amide bonds. The summed E-state index contributed by atoms with van der Waals surface area (Å²) in [6.07, 6.45) is 18.0. The van der Waals surface area contributed by atoms with E-state index >= 15 is 0 Å². The van der Waals surface area contributed by atoms with Crippen molar-refractivity contribution in [2.75, 3.05) is 5.32 Å². The van der Waals surface area contributed by atoms with E-state index in [2.05, 4.69) is 23.6 Å². The van der Waals surface area contributed by atoms with Gasteiger partial charge in [0.2, 0.25) is 11.8 Å². The fourth-order valence-electron chi connectivity index (χ4n) is 5.34. The van der Waals surface area contributed by atoms with Gasteiger partial charge in [-0.05, 0) is 55.7 Å². The summed E-state index contributed by atoms with van der Waals surface area (Å²) in [5.74, 6) is 1.51. The molecule has 1 aromatic rings. The third-order valence-electron chi connectivity index (χ3n) is 7.21. The smallest absolute Gasteiger partial charge is 0.247 e. The highest BCUT2D eigenvalue weighted by Gasteiger charge is 2.22. The van der Waals surface area contributed by atoms with Crippen LogP contribution in [0, 0.1) is 11.8 Å². The van der Waals surface area contributed by atoms with Gasteiger partial charge in [-0.2, -0.15) is 0 Å². The molecule has 180 valence electrons. The number of hydrogen-bond acceptors (Lipinski definition) is 2. The molecular formula is C29H42N2O2. The zero-order chi connectivity index (χ0) is 23.6. The maximum Gasteiger partial charge on any atom is 0.247 e. The lowest BCUT2D eigenvalue weighted by Gasteiger charge is -2.24. The fraction of sp³-hybridized carbons (Fsp3) is 0.586. The summed E-state index contributed by atoms with van der Waals surface area (Å²) >= 11 is 0. The van der Waals surface area contributed by atoms with Gasteiger partial charge < -0.3 is 10.6 Å². The summed E-state index contributed by atoms with van der Waals surface area (Å²) in [6.45, 7) is 5.97. The summed E-state index contributed by atoms with van der Waals surface area (Å²) < 4.78 is 0. The number of benzene rings is 1. The van der Waals surface area contributed by atoms with Crippen LogP contribution in [-0.4, -0.2) is 17.9 Å². The monoisotopic (exact) mass is 450 g/mol. The summed E-state index contributed by atoms with van der Waals surface area (Å²) in [7, 11) is 0. The molecule has 2 unspecified atom stereocenters. The number of rotatable bonds is 8. The Kier molecular flexibility index (Phi) is 9.77. The number of nitrogens with one attached hydrogen (secondary N) is 2. The van der Waals surface area contributed by atoms with Gasteiger partial charge in [0.1, 0.15) is 0 Å². The van der Waals surface area contributed by atoms with E-state index in [0.29, 0.717) is 5.92 Å². The Hall–Kier alpha value is -2.36. The molecule has 0 bridgehead atoms. The molecule has 2 aliphatic carbocycles. The first kappa shape index (κ1) is 25.3. The third kappa shape index (κ3) is 8.49. The van der Waals surface area contributed by atoms with Crippen LogP contribution in [0.25, 0.3) is 0 Å². The van der Waals surface area contributed by atoms with Crippen molar-refractivity contribution in [3.05, 3.63) is 53.1 Å². The van der Waals surface area contributed by atoms with Crippen molar-refractivity contribution in [1.29, 1.82) is 0 Å². The summed E-state index contributed by atoms with van der Waals surface area (Å²) in [5, 5.41) is 5.95. The van der Waals surface area contributed by atoms with E-state index in [0.717, 1.165) is 42.0 Å². The zero-order valence-corrected chi connectivity index (χ0v) is 20.8. The maximum absolute atomic E-state index is 12.8. The molecule has 0 saturated heterocycles. The van der Waals surface area contributed by atoms with Crippen LogP contribution >= 0.6 is 0 Å². The van der Waals surface area contributed by atoms with Gasteiger partial charge in [-0.1, -0.05) is 88.1 Å². The Labute approximate surface area is 200 Å². The molecule has 3 rings (SSSR count). The number of amides is 2. The molecule has 4 heteroatoms. The molecule has 2 N–H and O–H groups in total. The van der Waals surface area contributed by atoms with Gasteiger partial charge in [-0.15, -0.1) is 0 Å². The third-order valence-corrected chi connectivity index (χ3v) is 7.21. The Balaban J connectivity index is 1.42. The molecule has 2 atom stereocenters. The van der Waals surface area contributed by atoms with E-state index in [9.17, 15) is 9.59 Å². The first-order valence-electron chi connectivity index (χ1n) is 13.0. The van der Waals surface area contributed by atoms with Gasteiger partial charge in [0.15, 0.2) is 0 Å². The molecule has 4 nitrogen and oxygen atoms in total. The van der Waals surface area contributed by atoms with Crippen molar-refractivity contribution in [1.82, 2.24) is 5.32 Å². The molecule has 1 saturated carbocycles. The van der Waals surface area contributed by atoms with Gasteiger partial charge >= 0.3 is 0 Å². The van der Waals surface area contributed by atoms with Gasteiger partial charge in [-0.3, -0.25) is 9.59 Å². The minimum Gasteiger partial charge on any atom is -0.350 e. The normalized spacial score (nSPS) is 19.4. The Bertz CT molecular complexity index is 843. The van der Waals surface area contributed by atoms with Crippen LogP contribution in [-0.2, 0) is 16.0 Å². The van der Waals surface area contributed by atoms with Crippen molar-refractivity contribution in [3.63, 3.8) is 0 Å². The Morgan fingerprint density at radius 3 is 2.18 bits per heavy atom. The molecule has 0 aliphatic heterocycles. The molecule has 33 heavy (non-hydrogen) atoms. The van der Waals surface area contributed by atoms with Crippen molar-refractivity contribution in [2.45, 2.75) is 97.4 Å². The van der Waals surface area contributed by atoms with E-state index in [-0.39, 0.29) is 17.9 Å². The zero-order valence-electron chi connectivity index (χ0n) is 20.8. The maximum atomic E-state index is 12.8. The summed E-state index contributed by atoms with van der Waals surface area (Å²) in [4.78, 5) is 24.0. The van der Waals surface area contributed by atoms with Gasteiger partial charge in [0.25, 0.3) is 0 Å². The molecule has 0 heterocycles. The fourth-order valence-corrected chi connectivity index (χ4v) is 5.34. The van der Waals surface area contributed by atoms with Crippen LogP contribution in [0.5, 0.6) is 0 Å². The number of carbonyl (C=O) groups excluding carboxylic acids is 2. The molecule has 2 aliphatic rings. The van der Waals surface area contributed by atoms with E-state index in [4.69, 9.17) is 0 Å². The van der Waals surface area contributed by atoms with Crippen LogP contribution in [0.2, 0.25) is 0 Å². The topological polar surface area (TPSA) is 58.2 Å². The molecule has 0 radical (unpaired) electrons. The van der Waals surface area contributed by atoms with Crippen molar-refractivity contribution >= 4 is 17.5 Å². The number of hydrogen-bond donors (Lipinski definition) is 2. The van der Waals surface area contributed by atoms with Crippen LogP contribution in [0.4, 0.5) is 5.69 Å². The molecule has 0 aromatic heterocycles. The number of carbonyl (C=O) groups is 2. The van der Waals surface area contributed by atoms with Crippen LogP contribution in [0.1, 0.15) is 90.5 Å². The summed E-state index contributed by atoms with van der Waals surface area (Å²) in [6, 6.07) is 7.86. The van der Waals surface area contributed by atoms with Gasteiger partial charge in [0.05, 0.1) is 0 Å². The van der Waals surface area contributed by atoms with Gasteiger partial charge in [0, 0.05) is 24.2 Å². The van der Waals surface area contributed by atoms with Crippen LogP contribution in [0.3, 0.4) is 0 Å². The second-order valence-corrected chi connectivity index (χ2v) is 10.3. The van der Waals surface area contributed by atoms with Crippen LogP contribution < -0.4 is 10.6 Å². The lowest BCUT2D eigenvalue weighted by molar-refractivity contribution is -0.118. The highest BCUT2D eigenvalue weighted by Crippen LogP contribution is 2.34. The number of anilines is 1. The van der Waals surface area contributed by atoms with Crippen LogP contribution in [0.15, 0.2) is 47.6 Å². The second kappa shape index (κ2) is 12.8. The minimum atomic E-state index is -0.0734. The highest BCUT2D eigenvalue weighted by atomic mass is 16.2. The van der Waals surface area contributed by atoms with Crippen molar-refractivity contribution in [3.8, 4) is 0 Å².